The van der Waals surface area contributed by atoms with Gasteiger partial charge in [0.25, 0.3) is 5.91 Å². The number of hydrogen-bond donors (Lipinski definition) is 2. The van der Waals surface area contributed by atoms with Crippen LogP contribution in [0.25, 0.3) is 0 Å². The molecule has 1 aliphatic rings. The minimum absolute atomic E-state index is 0.161. The summed E-state index contributed by atoms with van der Waals surface area (Å²) in [5.74, 6) is 0.404. The van der Waals surface area contributed by atoms with Crippen LogP contribution in [0.3, 0.4) is 0 Å². The maximum Gasteiger partial charge on any atom is 0.273 e. The third-order valence-electron chi connectivity index (χ3n) is 3.82. The Morgan fingerprint density at radius 2 is 2.10 bits per heavy atom. The molecular weight excluding hydrogens is 270 g/mol. The van der Waals surface area contributed by atoms with Gasteiger partial charge in [0.15, 0.2) is 11.5 Å². The van der Waals surface area contributed by atoms with Crippen LogP contribution in [-0.4, -0.2) is 36.8 Å². The molecule has 21 heavy (non-hydrogen) atoms. The highest BCUT2D eigenvalue weighted by Gasteiger charge is 2.23. The summed E-state index contributed by atoms with van der Waals surface area (Å²) < 4.78 is 9.97. The molecule has 0 spiro atoms. The van der Waals surface area contributed by atoms with Gasteiger partial charge in [-0.3, -0.25) is 4.79 Å². The molecule has 1 aliphatic carbocycles. The molecule has 0 unspecified atom stereocenters. The number of carbonyl (C=O) groups excluding carboxylic acids is 1. The van der Waals surface area contributed by atoms with Gasteiger partial charge < -0.3 is 19.9 Å². The summed E-state index contributed by atoms with van der Waals surface area (Å²) in [6.45, 7) is 3.58. The first-order valence-electron chi connectivity index (χ1n) is 7.71. The Labute approximate surface area is 125 Å². The van der Waals surface area contributed by atoms with Crippen LogP contribution >= 0.6 is 0 Å². The first-order chi connectivity index (χ1) is 10.2. The van der Waals surface area contributed by atoms with E-state index in [-0.39, 0.29) is 11.9 Å². The minimum Gasteiger partial charge on any atom is -0.377 e. The van der Waals surface area contributed by atoms with Gasteiger partial charge in [0.1, 0.15) is 6.61 Å². The predicted octanol–water partition coefficient (Wildman–Crippen LogP) is 1.86. The zero-order chi connectivity index (χ0) is 15.1. The van der Waals surface area contributed by atoms with Crippen molar-refractivity contribution in [3.8, 4) is 0 Å². The average Bonchev–Trinajstić information content (AvgIpc) is 2.96. The van der Waals surface area contributed by atoms with Gasteiger partial charge in [0.2, 0.25) is 0 Å². The van der Waals surface area contributed by atoms with E-state index in [9.17, 15) is 4.79 Å². The quantitative estimate of drug-likeness (QED) is 0.803. The molecule has 118 valence electrons. The first-order valence-corrected chi connectivity index (χ1v) is 7.71. The number of nitrogens with zero attached hydrogens (tertiary/aromatic N) is 1. The van der Waals surface area contributed by atoms with Gasteiger partial charge in [0.05, 0.1) is 0 Å². The Kier molecular flexibility index (Phi) is 6.20. The van der Waals surface area contributed by atoms with E-state index in [0.29, 0.717) is 24.1 Å². The molecule has 0 atom stereocenters. The molecule has 2 N–H and O–H groups in total. The Hall–Kier alpha value is -1.40. The van der Waals surface area contributed by atoms with Crippen molar-refractivity contribution in [2.75, 3.05) is 13.7 Å². The van der Waals surface area contributed by atoms with Crippen molar-refractivity contribution < 1.29 is 14.1 Å². The number of methoxy groups -OCH3 is 1. The summed E-state index contributed by atoms with van der Waals surface area (Å²) >= 11 is 0. The molecule has 1 saturated carbocycles. The van der Waals surface area contributed by atoms with Crippen LogP contribution in [0, 0.1) is 0 Å². The number of carbonyl (C=O) groups is 1. The van der Waals surface area contributed by atoms with Crippen molar-refractivity contribution in [3.05, 3.63) is 17.5 Å². The number of amides is 1. The topological polar surface area (TPSA) is 76.4 Å². The third-order valence-corrected chi connectivity index (χ3v) is 3.82. The summed E-state index contributed by atoms with van der Waals surface area (Å²) in [5.41, 5.74) is 0.327. The van der Waals surface area contributed by atoms with Gasteiger partial charge in [-0.25, -0.2) is 0 Å². The van der Waals surface area contributed by atoms with E-state index >= 15 is 0 Å². The molecule has 6 nitrogen and oxygen atoms in total. The number of aromatic nitrogens is 1. The van der Waals surface area contributed by atoms with Crippen LogP contribution in [0.15, 0.2) is 10.6 Å². The highest BCUT2D eigenvalue weighted by molar-refractivity contribution is 5.92. The van der Waals surface area contributed by atoms with Crippen LogP contribution in [-0.2, 0) is 11.3 Å². The summed E-state index contributed by atoms with van der Waals surface area (Å²) in [6, 6.07) is 2.46. The molecule has 1 amide bonds. The summed E-state index contributed by atoms with van der Waals surface area (Å²) in [5, 5.41) is 10.4. The highest BCUT2D eigenvalue weighted by Crippen LogP contribution is 2.19. The van der Waals surface area contributed by atoms with Crippen LogP contribution in [0.5, 0.6) is 0 Å². The smallest absolute Gasteiger partial charge is 0.273 e. The van der Waals surface area contributed by atoms with Gasteiger partial charge in [-0.15, -0.1) is 0 Å². The van der Waals surface area contributed by atoms with Crippen molar-refractivity contribution in [2.24, 2.45) is 0 Å². The van der Waals surface area contributed by atoms with E-state index in [1.807, 2.05) is 0 Å². The predicted molar refractivity (Wildman–Crippen MR) is 79.0 cm³/mol. The van der Waals surface area contributed by atoms with Crippen molar-refractivity contribution >= 4 is 5.91 Å². The van der Waals surface area contributed by atoms with Gasteiger partial charge in [-0.05, 0) is 38.6 Å². The standard InChI is InChI=1S/C15H25N3O3/c1-3-8-16-11-4-6-12(7-5-11)17-15(19)14-9-13(10-20-2)21-18-14/h9,11-12,16H,3-8,10H2,1-2H3,(H,17,19). The van der Waals surface area contributed by atoms with Crippen LogP contribution in [0.4, 0.5) is 0 Å². The normalized spacial score (nSPS) is 22.2. The molecule has 6 heteroatoms. The fraction of sp³-hybridized carbons (Fsp3) is 0.733. The Morgan fingerprint density at radius 1 is 1.38 bits per heavy atom. The van der Waals surface area contributed by atoms with Gasteiger partial charge in [-0.2, -0.15) is 0 Å². The van der Waals surface area contributed by atoms with Crippen molar-refractivity contribution in [1.82, 2.24) is 15.8 Å². The van der Waals surface area contributed by atoms with Crippen molar-refractivity contribution in [3.63, 3.8) is 0 Å². The van der Waals surface area contributed by atoms with E-state index in [2.05, 4.69) is 22.7 Å². The zero-order valence-corrected chi connectivity index (χ0v) is 12.9. The Morgan fingerprint density at radius 3 is 2.76 bits per heavy atom. The molecular formula is C15H25N3O3. The van der Waals surface area contributed by atoms with Crippen molar-refractivity contribution in [1.29, 1.82) is 0 Å². The zero-order valence-electron chi connectivity index (χ0n) is 12.9. The summed E-state index contributed by atoms with van der Waals surface area (Å²) in [4.78, 5) is 12.1. The number of rotatable bonds is 7. The molecule has 1 fully saturated rings. The van der Waals surface area contributed by atoms with Crippen LogP contribution in [0.2, 0.25) is 0 Å². The van der Waals surface area contributed by atoms with E-state index in [1.165, 1.54) is 0 Å². The lowest BCUT2D eigenvalue weighted by molar-refractivity contribution is 0.0914. The molecule has 0 aromatic carbocycles. The summed E-state index contributed by atoms with van der Waals surface area (Å²) in [6.07, 6.45) is 5.40. The molecule has 1 heterocycles. The highest BCUT2D eigenvalue weighted by atomic mass is 16.5. The monoisotopic (exact) mass is 295 g/mol. The second-order valence-electron chi connectivity index (χ2n) is 5.59. The Bertz CT molecular complexity index is 439. The van der Waals surface area contributed by atoms with E-state index < -0.39 is 0 Å². The van der Waals surface area contributed by atoms with E-state index in [4.69, 9.17) is 9.26 Å². The molecule has 0 saturated heterocycles. The fourth-order valence-electron chi connectivity index (χ4n) is 2.68. The van der Waals surface area contributed by atoms with Crippen molar-refractivity contribution in [2.45, 2.75) is 57.7 Å². The lowest BCUT2D eigenvalue weighted by Gasteiger charge is -2.29. The first kappa shape index (κ1) is 16.0. The van der Waals surface area contributed by atoms with Gasteiger partial charge >= 0.3 is 0 Å². The van der Waals surface area contributed by atoms with Crippen LogP contribution in [0.1, 0.15) is 55.3 Å². The van der Waals surface area contributed by atoms with Gasteiger partial charge in [-0.1, -0.05) is 12.1 Å². The number of hydrogen-bond acceptors (Lipinski definition) is 5. The second kappa shape index (κ2) is 8.14. The largest absolute Gasteiger partial charge is 0.377 e. The van der Waals surface area contributed by atoms with E-state index in [0.717, 1.165) is 38.6 Å². The third kappa shape index (κ3) is 4.82. The lowest BCUT2D eigenvalue weighted by atomic mass is 9.91. The van der Waals surface area contributed by atoms with E-state index in [1.54, 1.807) is 13.2 Å². The second-order valence-corrected chi connectivity index (χ2v) is 5.59. The van der Waals surface area contributed by atoms with Crippen LogP contribution < -0.4 is 10.6 Å². The molecule has 0 bridgehead atoms. The minimum atomic E-state index is -0.161. The molecule has 0 aliphatic heterocycles. The number of nitrogens with one attached hydrogen (secondary N) is 2. The lowest BCUT2D eigenvalue weighted by Crippen LogP contribution is -2.42. The molecule has 2 rings (SSSR count). The molecule has 1 aromatic heterocycles. The van der Waals surface area contributed by atoms with Gasteiger partial charge in [0, 0.05) is 25.3 Å². The maximum absolute atomic E-state index is 12.1. The average molecular weight is 295 g/mol. The summed E-state index contributed by atoms with van der Waals surface area (Å²) in [7, 11) is 1.58. The number of ether oxygens (including phenoxy) is 1. The SMILES string of the molecule is CCCNC1CCC(NC(=O)c2cc(COC)on2)CC1. The fourth-order valence-corrected chi connectivity index (χ4v) is 2.68. The molecule has 1 aromatic rings. The maximum atomic E-state index is 12.1. The molecule has 0 radical (unpaired) electrons. The Balaban J connectivity index is 1.75.